The second kappa shape index (κ2) is 8.60. The van der Waals surface area contributed by atoms with Crippen LogP contribution in [0.1, 0.15) is 37.2 Å². The van der Waals surface area contributed by atoms with Gasteiger partial charge in [0.2, 0.25) is 0 Å². The first kappa shape index (κ1) is 19.1. The lowest BCUT2D eigenvalue weighted by molar-refractivity contribution is 0.0861. The van der Waals surface area contributed by atoms with Gasteiger partial charge in [0, 0.05) is 12.6 Å². The van der Waals surface area contributed by atoms with Gasteiger partial charge in [-0.1, -0.05) is 32.0 Å². The highest BCUT2D eigenvalue weighted by Gasteiger charge is 2.28. The summed E-state index contributed by atoms with van der Waals surface area (Å²) >= 11 is 0. The van der Waals surface area contributed by atoms with Gasteiger partial charge in [-0.2, -0.15) is 0 Å². The van der Waals surface area contributed by atoms with Gasteiger partial charge >= 0.3 is 0 Å². The van der Waals surface area contributed by atoms with Crippen LogP contribution in [0.4, 0.5) is 0 Å². The van der Waals surface area contributed by atoms with Gasteiger partial charge in [-0.05, 0) is 31.0 Å². The molecule has 2 aromatic rings. The molecule has 0 fully saturated rings. The molecule has 0 saturated carbocycles. The minimum absolute atomic E-state index is 0. The van der Waals surface area contributed by atoms with E-state index in [4.69, 9.17) is 14.9 Å². The van der Waals surface area contributed by atoms with E-state index in [1.165, 1.54) is 0 Å². The molecule has 0 saturated heterocycles. The average molecular weight is 339 g/mol. The number of halogens is 1. The quantitative estimate of drug-likeness (QED) is 0.806. The molecule has 0 aliphatic rings. The number of nitrogens with two attached hydrogens (primary N) is 1. The molecule has 6 heteroatoms. The first-order chi connectivity index (χ1) is 10.6. The van der Waals surface area contributed by atoms with E-state index in [2.05, 4.69) is 5.32 Å². The van der Waals surface area contributed by atoms with Crippen molar-refractivity contribution in [1.82, 2.24) is 5.32 Å². The summed E-state index contributed by atoms with van der Waals surface area (Å²) in [6.07, 6.45) is 1.53. The summed E-state index contributed by atoms with van der Waals surface area (Å²) in [5.74, 6) is 0.868. The van der Waals surface area contributed by atoms with Crippen molar-refractivity contribution in [2.45, 2.75) is 32.2 Å². The van der Waals surface area contributed by atoms with Crippen LogP contribution in [0.5, 0.6) is 11.7 Å². The Hall–Kier alpha value is -1.98. The summed E-state index contributed by atoms with van der Waals surface area (Å²) in [5, 5.41) is 2.96. The lowest BCUT2D eigenvalue weighted by atomic mass is 9.93. The summed E-state index contributed by atoms with van der Waals surface area (Å²) in [7, 11) is 0. The Morgan fingerprint density at radius 1 is 1.17 bits per heavy atom. The van der Waals surface area contributed by atoms with Crippen LogP contribution in [0, 0.1) is 0 Å². The predicted octanol–water partition coefficient (Wildman–Crippen LogP) is 3.74. The first-order valence-electron chi connectivity index (χ1n) is 7.48. The fourth-order valence-corrected chi connectivity index (χ4v) is 2.17. The predicted molar refractivity (Wildman–Crippen MR) is 92.3 cm³/mol. The number of hydrogen-bond acceptors (Lipinski definition) is 4. The number of ether oxygens (including phenoxy) is 1. The number of furan rings is 1. The van der Waals surface area contributed by atoms with E-state index < -0.39 is 5.54 Å². The summed E-state index contributed by atoms with van der Waals surface area (Å²) in [4.78, 5) is 12.3. The average Bonchev–Trinajstić information content (AvgIpc) is 3.02. The van der Waals surface area contributed by atoms with Crippen molar-refractivity contribution in [2.75, 3.05) is 6.54 Å². The van der Waals surface area contributed by atoms with Crippen molar-refractivity contribution in [3.63, 3.8) is 0 Å². The highest BCUT2D eigenvalue weighted by atomic mass is 35.5. The van der Waals surface area contributed by atoms with Gasteiger partial charge in [-0.25, -0.2) is 0 Å². The molecule has 0 spiro atoms. The minimum Gasteiger partial charge on any atom is -0.426 e. The third kappa shape index (κ3) is 4.74. The zero-order chi connectivity index (χ0) is 16.0. The fraction of sp³-hybridized carbons (Fsp3) is 0.353. The normalized spacial score (nSPS) is 10.7. The molecule has 0 radical (unpaired) electrons. The second-order valence-electron chi connectivity index (χ2n) is 5.18. The Balaban J connectivity index is 0.00000264. The maximum atomic E-state index is 12.3. The molecule has 0 atom stereocenters. The summed E-state index contributed by atoms with van der Waals surface area (Å²) < 4.78 is 11.0. The van der Waals surface area contributed by atoms with Crippen molar-refractivity contribution in [2.24, 2.45) is 5.73 Å². The van der Waals surface area contributed by atoms with Crippen molar-refractivity contribution < 1.29 is 13.9 Å². The third-order valence-electron chi connectivity index (χ3n) is 3.89. The van der Waals surface area contributed by atoms with Crippen LogP contribution in [-0.2, 0) is 0 Å². The van der Waals surface area contributed by atoms with Crippen LogP contribution in [0.2, 0.25) is 0 Å². The SMILES string of the molecule is CCC(CC)(CN)NC(=O)c1ccc(Oc2ccccc2)o1.Cl. The molecule has 3 N–H and O–H groups in total. The molecule has 126 valence electrons. The molecule has 23 heavy (non-hydrogen) atoms. The maximum Gasteiger partial charge on any atom is 0.290 e. The molecule has 1 aromatic carbocycles. The minimum atomic E-state index is -0.398. The van der Waals surface area contributed by atoms with E-state index in [0.29, 0.717) is 12.3 Å². The van der Waals surface area contributed by atoms with Gasteiger partial charge in [-0.3, -0.25) is 4.79 Å². The molecule has 2 rings (SSSR count). The van der Waals surface area contributed by atoms with Crippen molar-refractivity contribution >= 4 is 18.3 Å². The summed E-state index contributed by atoms with van der Waals surface area (Å²) in [6, 6.07) is 12.5. The zero-order valence-electron chi connectivity index (χ0n) is 13.4. The highest BCUT2D eigenvalue weighted by molar-refractivity contribution is 5.92. The molecule has 0 aliphatic carbocycles. The van der Waals surface area contributed by atoms with Gasteiger partial charge in [0.1, 0.15) is 5.75 Å². The van der Waals surface area contributed by atoms with E-state index in [1.807, 2.05) is 44.2 Å². The van der Waals surface area contributed by atoms with Gasteiger partial charge in [-0.15, -0.1) is 12.4 Å². The molecule has 0 aliphatic heterocycles. The van der Waals surface area contributed by atoms with Crippen LogP contribution in [0.3, 0.4) is 0 Å². The molecular weight excluding hydrogens is 316 g/mol. The first-order valence-corrected chi connectivity index (χ1v) is 7.48. The van der Waals surface area contributed by atoms with Crippen LogP contribution in [-0.4, -0.2) is 18.0 Å². The Morgan fingerprint density at radius 3 is 2.39 bits per heavy atom. The fourth-order valence-electron chi connectivity index (χ4n) is 2.17. The maximum absolute atomic E-state index is 12.3. The summed E-state index contributed by atoms with van der Waals surface area (Å²) in [6.45, 7) is 4.39. The number of nitrogens with one attached hydrogen (secondary N) is 1. The molecule has 0 unspecified atom stereocenters. The Morgan fingerprint density at radius 2 is 1.83 bits per heavy atom. The molecule has 1 heterocycles. The van der Waals surface area contributed by atoms with Crippen LogP contribution in [0.25, 0.3) is 0 Å². The topological polar surface area (TPSA) is 77.5 Å². The number of carbonyl (C=O) groups is 1. The van der Waals surface area contributed by atoms with Gasteiger partial charge < -0.3 is 20.2 Å². The monoisotopic (exact) mass is 338 g/mol. The lowest BCUT2D eigenvalue weighted by Gasteiger charge is -2.30. The number of benzene rings is 1. The molecule has 1 amide bonds. The van der Waals surface area contributed by atoms with E-state index in [9.17, 15) is 4.79 Å². The number of rotatable bonds is 7. The number of hydrogen-bond donors (Lipinski definition) is 2. The smallest absolute Gasteiger partial charge is 0.290 e. The van der Waals surface area contributed by atoms with E-state index >= 15 is 0 Å². The molecule has 1 aromatic heterocycles. The van der Waals surface area contributed by atoms with Crippen molar-refractivity contribution in [3.05, 3.63) is 48.2 Å². The Labute approximate surface area is 142 Å². The zero-order valence-corrected chi connectivity index (χ0v) is 14.2. The summed E-state index contributed by atoms with van der Waals surface area (Å²) in [5.41, 5.74) is 5.39. The number of para-hydroxylation sites is 1. The lowest BCUT2D eigenvalue weighted by Crippen LogP contribution is -2.52. The second-order valence-corrected chi connectivity index (χ2v) is 5.18. The van der Waals surface area contributed by atoms with Gasteiger partial charge in [0.25, 0.3) is 11.9 Å². The standard InChI is InChI=1S/C17H22N2O3.ClH/c1-3-17(4-2,12-18)19-16(20)14-10-11-15(22-14)21-13-8-6-5-7-9-13;/h5-11H,3-4,12,18H2,1-2H3,(H,19,20);1H. The van der Waals surface area contributed by atoms with Gasteiger partial charge in [0.05, 0.1) is 5.54 Å². The molecule has 5 nitrogen and oxygen atoms in total. The highest BCUT2D eigenvalue weighted by Crippen LogP contribution is 2.24. The van der Waals surface area contributed by atoms with Crippen LogP contribution < -0.4 is 15.8 Å². The van der Waals surface area contributed by atoms with Crippen LogP contribution >= 0.6 is 12.4 Å². The third-order valence-corrected chi connectivity index (χ3v) is 3.89. The van der Waals surface area contributed by atoms with Crippen molar-refractivity contribution in [3.8, 4) is 11.7 Å². The molecule has 0 bridgehead atoms. The van der Waals surface area contributed by atoms with Crippen LogP contribution in [0.15, 0.2) is 46.9 Å². The van der Waals surface area contributed by atoms with Gasteiger partial charge in [0.15, 0.2) is 5.76 Å². The van der Waals surface area contributed by atoms with E-state index in [1.54, 1.807) is 12.1 Å². The largest absolute Gasteiger partial charge is 0.426 e. The molecular formula is C17H23ClN2O3. The Bertz CT molecular complexity index is 601. The number of carbonyl (C=O) groups excluding carboxylic acids is 1. The Kier molecular flexibility index (Phi) is 7.13. The van der Waals surface area contributed by atoms with Crippen molar-refractivity contribution in [1.29, 1.82) is 0 Å². The van der Waals surface area contributed by atoms with E-state index in [-0.39, 0.29) is 30.0 Å². The number of amides is 1. The van der Waals surface area contributed by atoms with E-state index in [0.717, 1.165) is 12.8 Å².